The fourth-order valence-corrected chi connectivity index (χ4v) is 3.40. The van der Waals surface area contributed by atoms with E-state index in [4.69, 9.17) is 9.52 Å². The molecule has 1 fully saturated rings. The van der Waals surface area contributed by atoms with Crippen molar-refractivity contribution < 1.29 is 4.42 Å². The molecular formula is C18H21N3O. The molecule has 0 bridgehead atoms. The Kier molecular flexibility index (Phi) is 3.47. The van der Waals surface area contributed by atoms with Gasteiger partial charge in [-0.2, -0.15) is 5.10 Å². The molecule has 0 atom stereocenters. The lowest BCUT2D eigenvalue weighted by Gasteiger charge is -2.23. The van der Waals surface area contributed by atoms with Gasteiger partial charge in [0.05, 0.1) is 12.0 Å². The number of hydrogen-bond donors (Lipinski definition) is 1. The number of piperidine rings is 1. The lowest BCUT2D eigenvalue weighted by atomic mass is 9.94. The molecule has 1 aromatic carbocycles. The Morgan fingerprint density at radius 2 is 2.09 bits per heavy atom. The maximum atomic E-state index is 5.42. The first-order valence-electron chi connectivity index (χ1n) is 8.11. The lowest BCUT2D eigenvalue weighted by molar-refractivity contribution is 0.432. The summed E-state index contributed by atoms with van der Waals surface area (Å²) in [6.07, 6.45) is 4.14. The third-order valence-electron chi connectivity index (χ3n) is 4.62. The van der Waals surface area contributed by atoms with Crippen LogP contribution >= 0.6 is 0 Å². The van der Waals surface area contributed by atoms with E-state index in [-0.39, 0.29) is 0 Å². The van der Waals surface area contributed by atoms with Crippen molar-refractivity contribution in [1.29, 1.82) is 0 Å². The number of rotatable bonds is 3. The van der Waals surface area contributed by atoms with E-state index in [9.17, 15) is 0 Å². The minimum atomic E-state index is 0.625. The minimum absolute atomic E-state index is 0.625. The maximum Gasteiger partial charge on any atom is 0.133 e. The fraction of sp³-hybridized carbons (Fsp3) is 0.389. The van der Waals surface area contributed by atoms with Crippen molar-refractivity contribution in [2.75, 3.05) is 13.1 Å². The number of hydrogen-bond acceptors (Lipinski definition) is 3. The van der Waals surface area contributed by atoms with E-state index in [1.807, 2.05) is 12.1 Å². The average molecular weight is 295 g/mol. The molecule has 0 spiro atoms. The summed E-state index contributed by atoms with van der Waals surface area (Å²) in [6.45, 7) is 5.31. The molecule has 0 saturated carbocycles. The highest BCUT2D eigenvalue weighted by molar-refractivity contribution is 5.82. The normalized spacial score (nSPS) is 16.4. The molecule has 3 heterocycles. The van der Waals surface area contributed by atoms with Crippen LogP contribution in [0.15, 0.2) is 41.0 Å². The van der Waals surface area contributed by atoms with Crippen molar-refractivity contribution in [1.82, 2.24) is 15.1 Å². The van der Waals surface area contributed by atoms with Gasteiger partial charge in [0.1, 0.15) is 5.58 Å². The van der Waals surface area contributed by atoms with Gasteiger partial charge in [0.2, 0.25) is 0 Å². The predicted octanol–water partition coefficient (Wildman–Crippen LogP) is 3.78. The summed E-state index contributed by atoms with van der Waals surface area (Å²) in [5, 5.41) is 9.40. The number of benzene rings is 1. The van der Waals surface area contributed by atoms with Gasteiger partial charge in [0.25, 0.3) is 0 Å². The molecule has 4 nitrogen and oxygen atoms in total. The first kappa shape index (κ1) is 13.6. The zero-order valence-corrected chi connectivity index (χ0v) is 12.9. The van der Waals surface area contributed by atoms with Crippen LogP contribution in [0.2, 0.25) is 0 Å². The van der Waals surface area contributed by atoms with E-state index >= 15 is 0 Å². The summed E-state index contributed by atoms with van der Waals surface area (Å²) in [5.74, 6) is 0.625. The molecule has 1 saturated heterocycles. The number of fused-ring (bicyclic) bond motifs is 1. The molecule has 3 aromatic rings. The first-order chi connectivity index (χ1) is 10.8. The molecule has 22 heavy (non-hydrogen) atoms. The Morgan fingerprint density at radius 3 is 2.91 bits per heavy atom. The molecule has 0 unspecified atom stereocenters. The quantitative estimate of drug-likeness (QED) is 0.799. The fourth-order valence-electron chi connectivity index (χ4n) is 3.40. The number of aryl methyl sites for hydroxylation is 1. The molecule has 2 aromatic heterocycles. The van der Waals surface area contributed by atoms with E-state index in [1.54, 1.807) is 6.26 Å². The summed E-state index contributed by atoms with van der Waals surface area (Å²) in [5.41, 5.74) is 4.54. The molecule has 0 amide bonds. The van der Waals surface area contributed by atoms with Gasteiger partial charge in [-0.15, -0.1) is 0 Å². The average Bonchev–Trinajstić information content (AvgIpc) is 3.21. The van der Waals surface area contributed by atoms with Crippen molar-refractivity contribution in [2.24, 2.45) is 0 Å². The Balaban J connectivity index is 1.73. The Bertz CT molecular complexity index is 781. The van der Waals surface area contributed by atoms with Gasteiger partial charge in [-0.05, 0) is 63.2 Å². The van der Waals surface area contributed by atoms with Crippen molar-refractivity contribution >= 4 is 11.0 Å². The van der Waals surface area contributed by atoms with Gasteiger partial charge < -0.3 is 9.73 Å². The second-order valence-corrected chi connectivity index (χ2v) is 5.97. The van der Waals surface area contributed by atoms with Crippen LogP contribution in [0.3, 0.4) is 0 Å². The van der Waals surface area contributed by atoms with E-state index in [2.05, 4.69) is 35.1 Å². The SMILES string of the molecule is CCn1nc(-c2ccc3occc3c2)cc1C1CCNCC1. The maximum absolute atomic E-state index is 5.42. The molecule has 1 aliphatic heterocycles. The van der Waals surface area contributed by atoms with Gasteiger partial charge in [0, 0.05) is 29.1 Å². The number of aromatic nitrogens is 2. The van der Waals surface area contributed by atoms with E-state index in [0.717, 1.165) is 41.9 Å². The van der Waals surface area contributed by atoms with Crippen LogP contribution in [0.5, 0.6) is 0 Å². The van der Waals surface area contributed by atoms with Gasteiger partial charge >= 0.3 is 0 Å². The minimum Gasteiger partial charge on any atom is -0.464 e. The lowest BCUT2D eigenvalue weighted by Crippen LogP contribution is -2.27. The van der Waals surface area contributed by atoms with Gasteiger partial charge in [-0.1, -0.05) is 0 Å². The highest BCUT2D eigenvalue weighted by Gasteiger charge is 2.20. The highest BCUT2D eigenvalue weighted by Crippen LogP contribution is 2.30. The summed E-state index contributed by atoms with van der Waals surface area (Å²) in [7, 11) is 0. The highest BCUT2D eigenvalue weighted by atomic mass is 16.3. The van der Waals surface area contributed by atoms with Gasteiger partial charge in [-0.25, -0.2) is 0 Å². The molecule has 4 rings (SSSR count). The zero-order valence-electron chi connectivity index (χ0n) is 12.9. The predicted molar refractivity (Wildman–Crippen MR) is 88.0 cm³/mol. The summed E-state index contributed by atoms with van der Waals surface area (Å²) >= 11 is 0. The van der Waals surface area contributed by atoms with Crippen LogP contribution in [-0.4, -0.2) is 22.9 Å². The Labute approximate surface area is 130 Å². The molecule has 114 valence electrons. The number of nitrogens with zero attached hydrogens (tertiary/aromatic N) is 2. The summed E-state index contributed by atoms with van der Waals surface area (Å²) < 4.78 is 7.59. The molecule has 0 aliphatic carbocycles. The van der Waals surface area contributed by atoms with E-state index in [0.29, 0.717) is 5.92 Å². The van der Waals surface area contributed by atoms with E-state index < -0.39 is 0 Å². The van der Waals surface area contributed by atoms with Crippen LogP contribution < -0.4 is 5.32 Å². The van der Waals surface area contributed by atoms with Crippen LogP contribution in [0, 0.1) is 0 Å². The molecular weight excluding hydrogens is 274 g/mol. The van der Waals surface area contributed by atoms with Gasteiger partial charge in [0.15, 0.2) is 0 Å². The third-order valence-corrected chi connectivity index (χ3v) is 4.62. The number of furan rings is 1. The van der Waals surface area contributed by atoms with Crippen molar-refractivity contribution in [3.63, 3.8) is 0 Å². The Morgan fingerprint density at radius 1 is 1.23 bits per heavy atom. The molecule has 0 radical (unpaired) electrons. The second-order valence-electron chi connectivity index (χ2n) is 5.97. The molecule has 1 N–H and O–H groups in total. The van der Waals surface area contributed by atoms with Crippen molar-refractivity contribution in [2.45, 2.75) is 32.2 Å². The Hall–Kier alpha value is -2.07. The van der Waals surface area contributed by atoms with Crippen LogP contribution in [0.25, 0.3) is 22.2 Å². The van der Waals surface area contributed by atoms with E-state index in [1.165, 1.54) is 18.5 Å². The zero-order chi connectivity index (χ0) is 14.9. The van der Waals surface area contributed by atoms with Crippen LogP contribution in [0.4, 0.5) is 0 Å². The van der Waals surface area contributed by atoms with Crippen molar-refractivity contribution in [3.8, 4) is 11.3 Å². The van der Waals surface area contributed by atoms with Crippen molar-refractivity contribution in [3.05, 3.63) is 42.3 Å². The second kappa shape index (κ2) is 5.61. The molecule has 1 aliphatic rings. The largest absolute Gasteiger partial charge is 0.464 e. The number of nitrogens with one attached hydrogen (secondary N) is 1. The van der Waals surface area contributed by atoms with Gasteiger partial charge in [-0.3, -0.25) is 4.68 Å². The monoisotopic (exact) mass is 295 g/mol. The first-order valence-corrected chi connectivity index (χ1v) is 8.11. The third kappa shape index (κ3) is 2.33. The standard InChI is InChI=1S/C18H21N3O/c1-2-21-17(13-5-8-19-9-6-13)12-16(20-21)14-3-4-18-15(11-14)7-10-22-18/h3-4,7,10-13,19H,2,5-6,8-9H2,1H3. The van der Waals surface area contributed by atoms with Crippen LogP contribution in [-0.2, 0) is 6.54 Å². The molecule has 4 heteroatoms. The van der Waals surface area contributed by atoms with Crippen LogP contribution in [0.1, 0.15) is 31.4 Å². The summed E-state index contributed by atoms with van der Waals surface area (Å²) in [4.78, 5) is 0. The topological polar surface area (TPSA) is 43.0 Å². The smallest absolute Gasteiger partial charge is 0.133 e. The summed E-state index contributed by atoms with van der Waals surface area (Å²) in [6, 6.07) is 10.6.